The zero-order chi connectivity index (χ0) is 13.1. The highest BCUT2D eigenvalue weighted by molar-refractivity contribution is 9.10. The maximum Gasteiger partial charge on any atom is 0.239 e. The summed E-state index contributed by atoms with van der Waals surface area (Å²) in [5.74, 6) is -0.302. The van der Waals surface area contributed by atoms with Crippen LogP contribution in [0.25, 0.3) is 0 Å². The van der Waals surface area contributed by atoms with Gasteiger partial charge in [-0.05, 0) is 37.0 Å². The van der Waals surface area contributed by atoms with Gasteiger partial charge in [0.15, 0.2) is 0 Å². The molecule has 1 aliphatic carbocycles. The number of carbonyl (C=O) groups excluding carboxylic acids is 1. The fraction of sp³-hybridized carbons (Fsp3) is 0.500. The molecule has 0 aromatic heterocycles. The van der Waals surface area contributed by atoms with Crippen LogP contribution in [0.5, 0.6) is 0 Å². The Hall–Kier alpha value is -0.870. The number of carbonyl (C=O) groups is 1. The van der Waals surface area contributed by atoms with Crippen LogP contribution in [-0.4, -0.2) is 11.9 Å². The van der Waals surface area contributed by atoms with Gasteiger partial charge in [-0.25, -0.2) is 0 Å². The molecule has 0 heterocycles. The van der Waals surface area contributed by atoms with Crippen LogP contribution in [0.3, 0.4) is 0 Å². The maximum absolute atomic E-state index is 11.6. The highest BCUT2D eigenvalue weighted by atomic mass is 79.9. The van der Waals surface area contributed by atoms with Gasteiger partial charge in [-0.1, -0.05) is 40.9 Å². The van der Waals surface area contributed by atoms with Crippen LogP contribution in [0.15, 0.2) is 22.7 Å². The van der Waals surface area contributed by atoms with E-state index in [9.17, 15) is 4.79 Å². The molecule has 1 saturated carbocycles. The first-order valence-corrected chi connectivity index (χ1v) is 7.18. The third kappa shape index (κ3) is 3.12. The van der Waals surface area contributed by atoms with Crippen LogP contribution in [0, 0.1) is 6.92 Å². The van der Waals surface area contributed by atoms with E-state index >= 15 is 0 Å². The Balaban J connectivity index is 2.17. The van der Waals surface area contributed by atoms with E-state index in [1.165, 1.54) is 12.8 Å². The summed E-state index contributed by atoms with van der Waals surface area (Å²) in [7, 11) is 0. The number of hydrogen-bond acceptors (Lipinski definition) is 2. The lowest BCUT2D eigenvalue weighted by Crippen LogP contribution is -2.38. The molecule has 0 radical (unpaired) electrons. The fourth-order valence-corrected chi connectivity index (χ4v) is 2.76. The normalized spacial score (nSPS) is 17.9. The summed E-state index contributed by atoms with van der Waals surface area (Å²) < 4.78 is 1.05. The molecule has 1 fully saturated rings. The predicted octanol–water partition coefficient (Wildman–Crippen LogP) is 2.82. The van der Waals surface area contributed by atoms with E-state index in [2.05, 4.69) is 21.2 Å². The Bertz CT molecular complexity index is 441. The van der Waals surface area contributed by atoms with Crippen LogP contribution in [-0.2, 0) is 4.79 Å². The molecule has 0 bridgehead atoms. The van der Waals surface area contributed by atoms with Gasteiger partial charge in [-0.15, -0.1) is 0 Å². The Kier molecular flexibility index (Phi) is 4.40. The smallest absolute Gasteiger partial charge is 0.239 e. The molecule has 1 atom stereocenters. The van der Waals surface area contributed by atoms with E-state index in [1.807, 2.05) is 25.1 Å². The zero-order valence-corrected chi connectivity index (χ0v) is 12.2. The van der Waals surface area contributed by atoms with E-state index in [0.717, 1.165) is 28.4 Å². The summed E-state index contributed by atoms with van der Waals surface area (Å²) in [4.78, 5) is 11.6. The lowest BCUT2D eigenvalue weighted by atomic mass is 10.0. The second-order valence-electron chi connectivity index (χ2n) is 4.99. The van der Waals surface area contributed by atoms with Crippen molar-refractivity contribution in [3.63, 3.8) is 0 Å². The van der Waals surface area contributed by atoms with Crippen molar-refractivity contribution in [1.29, 1.82) is 0 Å². The predicted molar refractivity (Wildman–Crippen MR) is 76.2 cm³/mol. The van der Waals surface area contributed by atoms with E-state index < -0.39 is 0 Å². The van der Waals surface area contributed by atoms with Gasteiger partial charge in [0, 0.05) is 10.5 Å². The average molecular weight is 311 g/mol. The van der Waals surface area contributed by atoms with Crippen molar-refractivity contribution in [1.82, 2.24) is 5.32 Å². The molecule has 1 amide bonds. The van der Waals surface area contributed by atoms with Crippen LogP contribution in [0.1, 0.15) is 42.9 Å². The molecule has 3 nitrogen and oxygen atoms in total. The molecule has 0 saturated heterocycles. The number of amides is 1. The molecular formula is C14H19BrN2O. The summed E-state index contributed by atoms with van der Waals surface area (Å²) in [6.07, 6.45) is 4.75. The number of rotatable bonds is 4. The van der Waals surface area contributed by atoms with Gasteiger partial charge in [0.05, 0.1) is 0 Å². The van der Waals surface area contributed by atoms with Crippen LogP contribution >= 0.6 is 15.9 Å². The van der Waals surface area contributed by atoms with E-state index in [0.29, 0.717) is 6.04 Å². The van der Waals surface area contributed by atoms with E-state index in [1.54, 1.807) is 0 Å². The third-order valence-electron chi connectivity index (χ3n) is 3.56. The SMILES string of the molecule is Cc1cc(C(NC2CCCC2)C(N)=O)ccc1Br. The van der Waals surface area contributed by atoms with Crippen molar-refractivity contribution < 1.29 is 4.79 Å². The summed E-state index contributed by atoms with van der Waals surface area (Å²) in [5, 5.41) is 3.39. The molecule has 0 spiro atoms. The van der Waals surface area contributed by atoms with Gasteiger partial charge in [-0.3, -0.25) is 10.1 Å². The lowest BCUT2D eigenvalue weighted by Gasteiger charge is -2.21. The molecule has 1 aromatic carbocycles. The molecule has 3 N–H and O–H groups in total. The first-order chi connectivity index (χ1) is 8.58. The highest BCUT2D eigenvalue weighted by Crippen LogP contribution is 2.25. The zero-order valence-electron chi connectivity index (χ0n) is 10.6. The minimum absolute atomic E-state index is 0.302. The summed E-state index contributed by atoms with van der Waals surface area (Å²) >= 11 is 3.47. The molecule has 4 heteroatoms. The topological polar surface area (TPSA) is 55.1 Å². The number of primary amides is 1. The molecule has 2 rings (SSSR count). The van der Waals surface area contributed by atoms with E-state index in [-0.39, 0.29) is 11.9 Å². The van der Waals surface area contributed by atoms with Crippen molar-refractivity contribution in [2.45, 2.75) is 44.7 Å². The van der Waals surface area contributed by atoms with Crippen molar-refractivity contribution in [3.8, 4) is 0 Å². The van der Waals surface area contributed by atoms with E-state index in [4.69, 9.17) is 5.73 Å². The van der Waals surface area contributed by atoms with Crippen molar-refractivity contribution in [2.24, 2.45) is 5.73 Å². The van der Waals surface area contributed by atoms with Crippen LogP contribution < -0.4 is 11.1 Å². The summed E-state index contributed by atoms with van der Waals surface area (Å²) in [5.41, 5.74) is 7.59. The quantitative estimate of drug-likeness (QED) is 0.898. The van der Waals surface area contributed by atoms with Crippen LogP contribution in [0.2, 0.25) is 0 Å². The first kappa shape index (κ1) is 13.6. The van der Waals surface area contributed by atoms with Crippen molar-refractivity contribution in [2.75, 3.05) is 0 Å². The molecule has 1 aromatic rings. The number of aryl methyl sites for hydroxylation is 1. The number of nitrogens with one attached hydrogen (secondary N) is 1. The molecular weight excluding hydrogens is 292 g/mol. The second kappa shape index (κ2) is 5.85. The molecule has 1 unspecified atom stereocenters. The fourth-order valence-electron chi connectivity index (χ4n) is 2.52. The lowest BCUT2D eigenvalue weighted by molar-refractivity contribution is -0.120. The van der Waals surface area contributed by atoms with Crippen LogP contribution in [0.4, 0.5) is 0 Å². The standard InChI is InChI=1S/C14H19BrN2O/c1-9-8-10(6-7-12(9)15)13(14(16)18)17-11-4-2-3-5-11/h6-8,11,13,17H,2-5H2,1H3,(H2,16,18). The molecule has 18 heavy (non-hydrogen) atoms. The number of hydrogen-bond donors (Lipinski definition) is 2. The van der Waals surface area contributed by atoms with Crippen molar-refractivity contribution >= 4 is 21.8 Å². The molecule has 1 aliphatic rings. The molecule has 98 valence electrons. The van der Waals surface area contributed by atoms with Gasteiger partial charge in [0.1, 0.15) is 6.04 Å². The minimum atomic E-state index is -0.375. The highest BCUT2D eigenvalue weighted by Gasteiger charge is 2.24. The largest absolute Gasteiger partial charge is 0.368 e. The molecule has 0 aliphatic heterocycles. The Morgan fingerprint density at radius 2 is 2.11 bits per heavy atom. The van der Waals surface area contributed by atoms with Gasteiger partial charge in [0.2, 0.25) is 5.91 Å². The van der Waals surface area contributed by atoms with Gasteiger partial charge >= 0.3 is 0 Å². The number of benzene rings is 1. The maximum atomic E-state index is 11.6. The second-order valence-corrected chi connectivity index (χ2v) is 5.85. The van der Waals surface area contributed by atoms with Gasteiger partial charge in [-0.2, -0.15) is 0 Å². The summed E-state index contributed by atoms with van der Waals surface area (Å²) in [6.45, 7) is 2.02. The first-order valence-electron chi connectivity index (χ1n) is 6.39. The minimum Gasteiger partial charge on any atom is -0.368 e. The third-order valence-corrected chi connectivity index (χ3v) is 4.45. The number of halogens is 1. The van der Waals surface area contributed by atoms with Crippen molar-refractivity contribution in [3.05, 3.63) is 33.8 Å². The average Bonchev–Trinajstić information content (AvgIpc) is 2.82. The Labute approximate surface area is 116 Å². The monoisotopic (exact) mass is 310 g/mol. The van der Waals surface area contributed by atoms with Gasteiger partial charge < -0.3 is 5.73 Å². The Morgan fingerprint density at radius 1 is 1.44 bits per heavy atom. The van der Waals surface area contributed by atoms with Gasteiger partial charge in [0.25, 0.3) is 0 Å². The Morgan fingerprint density at radius 3 is 2.67 bits per heavy atom. The summed E-state index contributed by atoms with van der Waals surface area (Å²) in [6, 6.07) is 5.98. The number of nitrogens with two attached hydrogens (primary N) is 1.